The predicted octanol–water partition coefficient (Wildman–Crippen LogP) is 4.55. The maximum absolute atomic E-state index is 5.43. The molecule has 0 N–H and O–H groups in total. The fourth-order valence-corrected chi connectivity index (χ4v) is 10.0. The molecular weight excluding hydrogens is 297 g/mol. The van der Waals surface area contributed by atoms with Gasteiger partial charge in [0.05, 0.1) is 0 Å². The van der Waals surface area contributed by atoms with Crippen molar-refractivity contribution in [3.05, 3.63) is 24.3 Å². The molecule has 0 aromatic heterocycles. The zero-order valence-electron chi connectivity index (χ0n) is 14.6. The van der Waals surface area contributed by atoms with Gasteiger partial charge in [0.1, 0.15) is 0 Å². The van der Waals surface area contributed by atoms with Crippen LogP contribution >= 0.6 is 0 Å². The number of unbranched alkanes of at least 4 members (excludes halogenated alkanes) is 1. The molecule has 1 aliphatic rings. The van der Waals surface area contributed by atoms with Crippen molar-refractivity contribution >= 4 is 0 Å². The molecule has 1 aliphatic carbocycles. The standard InChI is InChI=1S/C5H5.2C4H10N.C4H9N.V/c1-2-4-5-3-1;2*1-3-5-4-2;1-2-3-4-5;/h1-5H;2*3-4H2,1-2H3;2-4H2,1H3;/q;2*-1;;+2. The van der Waals surface area contributed by atoms with Crippen LogP contribution in [0.5, 0.6) is 0 Å². The van der Waals surface area contributed by atoms with Crippen LogP contribution in [0.3, 0.4) is 0 Å². The third kappa shape index (κ3) is 4.16. The minimum absolute atomic E-state index is 0.528. The molecule has 3 nitrogen and oxygen atoms in total. The predicted molar refractivity (Wildman–Crippen MR) is 90.1 cm³/mol. The number of hydrogen-bond donors (Lipinski definition) is 0. The van der Waals surface area contributed by atoms with E-state index in [1.165, 1.54) is 12.8 Å². The van der Waals surface area contributed by atoms with Crippen LogP contribution < -0.4 is 0 Å². The van der Waals surface area contributed by atoms with E-state index in [4.69, 9.17) is 3.79 Å². The Morgan fingerprint density at radius 2 is 1.33 bits per heavy atom. The summed E-state index contributed by atoms with van der Waals surface area (Å²) in [5, 5.41) is 0. The first-order chi connectivity index (χ1) is 10.2. The molecule has 21 heavy (non-hydrogen) atoms. The van der Waals surface area contributed by atoms with Gasteiger partial charge in [0, 0.05) is 0 Å². The minimum atomic E-state index is -2.47. The molecule has 0 aromatic rings. The van der Waals surface area contributed by atoms with Gasteiger partial charge in [0.2, 0.25) is 0 Å². The van der Waals surface area contributed by atoms with Crippen molar-refractivity contribution in [3.63, 3.8) is 0 Å². The molecular formula is C17H34N3V. The van der Waals surface area contributed by atoms with E-state index in [2.05, 4.69) is 66.4 Å². The van der Waals surface area contributed by atoms with Crippen molar-refractivity contribution in [1.29, 1.82) is 0 Å². The summed E-state index contributed by atoms with van der Waals surface area (Å²) in [7, 11) is 0. The first kappa shape index (κ1) is 18.8. The molecule has 0 spiro atoms. The number of allylic oxidation sites excluding steroid dienone is 4. The molecule has 1 rings (SSSR count). The van der Waals surface area contributed by atoms with Crippen molar-refractivity contribution < 1.29 is 14.3 Å². The molecule has 0 aliphatic heterocycles. The van der Waals surface area contributed by atoms with Crippen molar-refractivity contribution in [2.75, 3.05) is 32.7 Å². The van der Waals surface area contributed by atoms with Crippen LogP contribution in [0, 0.1) is 0 Å². The molecule has 0 heterocycles. The summed E-state index contributed by atoms with van der Waals surface area (Å²) in [6.45, 7) is 16.9. The summed E-state index contributed by atoms with van der Waals surface area (Å²) in [4.78, 5) is 0. The maximum atomic E-state index is 5.43. The molecule has 0 aromatic carbocycles. The fourth-order valence-electron chi connectivity index (χ4n) is 3.14. The summed E-state index contributed by atoms with van der Waals surface area (Å²) in [6.07, 6.45) is 11.6. The van der Waals surface area contributed by atoms with E-state index >= 15 is 0 Å². The van der Waals surface area contributed by atoms with Crippen LogP contribution in [0.4, 0.5) is 0 Å². The molecule has 0 saturated carbocycles. The van der Waals surface area contributed by atoms with Gasteiger partial charge in [0.25, 0.3) is 0 Å². The molecule has 122 valence electrons. The Morgan fingerprint density at radius 1 is 0.857 bits per heavy atom. The Kier molecular flexibility index (Phi) is 8.73. The molecule has 0 unspecified atom stereocenters. The van der Waals surface area contributed by atoms with Gasteiger partial charge in [0.15, 0.2) is 0 Å². The topological polar surface area (TPSA) is 18.8 Å². The van der Waals surface area contributed by atoms with E-state index in [0.29, 0.717) is 4.63 Å². The van der Waals surface area contributed by atoms with Gasteiger partial charge >= 0.3 is 135 Å². The van der Waals surface area contributed by atoms with Crippen molar-refractivity contribution in [2.24, 2.45) is 3.79 Å². The Balaban J connectivity index is 3.34. The third-order valence-corrected chi connectivity index (χ3v) is 11.4. The summed E-state index contributed by atoms with van der Waals surface area (Å²) >= 11 is -2.47. The van der Waals surface area contributed by atoms with E-state index in [1.807, 2.05) is 0 Å². The second-order valence-electron chi connectivity index (χ2n) is 5.37. The van der Waals surface area contributed by atoms with Crippen LogP contribution in [0.25, 0.3) is 0 Å². The Morgan fingerprint density at radius 3 is 1.71 bits per heavy atom. The number of nitrogens with zero attached hydrogens (tertiary/aromatic N) is 3. The van der Waals surface area contributed by atoms with Crippen LogP contribution in [-0.2, 0) is 14.3 Å². The normalized spacial score (nSPS) is 15.6. The monoisotopic (exact) mass is 331 g/mol. The summed E-state index contributed by atoms with van der Waals surface area (Å²) < 4.78 is 11.4. The quantitative estimate of drug-likeness (QED) is 0.547. The average molecular weight is 331 g/mol. The zero-order valence-corrected chi connectivity index (χ0v) is 16.0. The molecule has 0 atom stereocenters. The first-order valence-electron chi connectivity index (χ1n) is 8.64. The third-order valence-electron chi connectivity index (χ3n) is 4.24. The molecule has 0 fully saturated rings. The van der Waals surface area contributed by atoms with Crippen LogP contribution in [-0.4, -0.2) is 40.2 Å². The second-order valence-corrected chi connectivity index (χ2v) is 10.4. The van der Waals surface area contributed by atoms with Crippen molar-refractivity contribution in [2.45, 2.75) is 52.1 Å². The van der Waals surface area contributed by atoms with E-state index in [0.717, 1.165) is 32.7 Å². The number of hydrogen-bond acceptors (Lipinski definition) is 1. The summed E-state index contributed by atoms with van der Waals surface area (Å²) in [5.74, 6) is 0. The van der Waals surface area contributed by atoms with Crippen molar-refractivity contribution in [3.8, 4) is 0 Å². The Labute approximate surface area is 135 Å². The molecule has 0 bridgehead atoms. The number of rotatable bonds is 10. The first-order valence-corrected chi connectivity index (χ1v) is 11.3. The summed E-state index contributed by atoms with van der Waals surface area (Å²) in [6, 6.07) is 0. The summed E-state index contributed by atoms with van der Waals surface area (Å²) in [5.41, 5.74) is 0. The van der Waals surface area contributed by atoms with Gasteiger partial charge in [-0.3, -0.25) is 0 Å². The van der Waals surface area contributed by atoms with Crippen molar-refractivity contribution in [1.82, 2.24) is 7.50 Å². The van der Waals surface area contributed by atoms with Gasteiger partial charge in [-0.25, -0.2) is 0 Å². The molecule has 0 saturated heterocycles. The molecule has 4 heteroatoms. The van der Waals surface area contributed by atoms with E-state index < -0.39 is 14.3 Å². The van der Waals surface area contributed by atoms with Gasteiger partial charge in [-0.05, 0) is 0 Å². The Bertz CT molecular complexity index is 365. The van der Waals surface area contributed by atoms with Crippen LogP contribution in [0.15, 0.2) is 28.1 Å². The van der Waals surface area contributed by atoms with Gasteiger partial charge in [-0.1, -0.05) is 0 Å². The molecule has 0 radical (unpaired) electrons. The van der Waals surface area contributed by atoms with E-state index in [9.17, 15) is 0 Å². The van der Waals surface area contributed by atoms with Gasteiger partial charge < -0.3 is 0 Å². The fraction of sp³-hybridized carbons (Fsp3) is 0.765. The van der Waals surface area contributed by atoms with Crippen LogP contribution in [0.2, 0.25) is 4.63 Å². The zero-order chi connectivity index (χ0) is 15.7. The van der Waals surface area contributed by atoms with Gasteiger partial charge in [-0.15, -0.1) is 0 Å². The van der Waals surface area contributed by atoms with E-state index in [1.54, 1.807) is 0 Å². The van der Waals surface area contributed by atoms with E-state index in [-0.39, 0.29) is 0 Å². The molecule has 0 amide bonds. The Hall–Kier alpha value is -0.216. The van der Waals surface area contributed by atoms with Crippen LogP contribution in [0.1, 0.15) is 47.5 Å². The second kappa shape index (κ2) is 9.73. The SMILES string of the molecule is CCCC[N]=[V]([CH]1C=CC=C1)([N](CC)CC)[N](CC)CC. The van der Waals surface area contributed by atoms with Gasteiger partial charge in [-0.2, -0.15) is 0 Å². The average Bonchev–Trinajstić information content (AvgIpc) is 3.03.